The molecule has 4 heteroatoms. The molecule has 0 bridgehead atoms. The van der Waals surface area contributed by atoms with Gasteiger partial charge in [0.15, 0.2) is 11.5 Å². The second-order valence-corrected chi connectivity index (χ2v) is 6.02. The lowest BCUT2D eigenvalue weighted by molar-refractivity contribution is 0.174. The maximum Gasteiger partial charge on any atom is 0.231 e. The second-order valence-electron chi connectivity index (χ2n) is 5.24. The molecule has 0 spiro atoms. The van der Waals surface area contributed by atoms with Crippen LogP contribution in [0.2, 0.25) is 0 Å². The molecule has 2 heterocycles. The Morgan fingerprint density at radius 2 is 2.05 bits per heavy atom. The minimum Gasteiger partial charge on any atom is -0.454 e. The molecular weight excluding hydrogens is 270 g/mol. The van der Waals surface area contributed by atoms with Gasteiger partial charge in [-0.1, -0.05) is 6.07 Å². The first kappa shape index (κ1) is 13.5. The lowest BCUT2D eigenvalue weighted by Crippen LogP contribution is -2.30. The van der Waals surface area contributed by atoms with Gasteiger partial charge in [0.1, 0.15) is 0 Å². The number of ether oxygens (including phenoxy) is 2. The monoisotopic (exact) mass is 289 g/mol. The Morgan fingerprint density at radius 1 is 1.20 bits per heavy atom. The first-order chi connectivity index (χ1) is 9.72. The molecule has 1 aromatic heterocycles. The molecule has 2 unspecified atom stereocenters. The fourth-order valence-electron chi connectivity index (χ4n) is 2.53. The van der Waals surface area contributed by atoms with E-state index in [0.717, 1.165) is 17.9 Å². The van der Waals surface area contributed by atoms with Gasteiger partial charge in [-0.3, -0.25) is 0 Å². The van der Waals surface area contributed by atoms with Crippen molar-refractivity contribution in [3.05, 3.63) is 46.2 Å². The highest BCUT2D eigenvalue weighted by Gasteiger charge is 2.16. The zero-order chi connectivity index (χ0) is 13.9. The third-order valence-corrected chi connectivity index (χ3v) is 4.29. The summed E-state index contributed by atoms with van der Waals surface area (Å²) in [5.74, 6) is 1.69. The summed E-state index contributed by atoms with van der Waals surface area (Å²) in [7, 11) is 0. The van der Waals surface area contributed by atoms with Crippen LogP contribution in [0.15, 0.2) is 35.0 Å². The lowest BCUT2D eigenvalue weighted by atomic mass is 10.0. The molecule has 1 aromatic carbocycles. The van der Waals surface area contributed by atoms with Crippen LogP contribution in [0.1, 0.15) is 31.0 Å². The van der Waals surface area contributed by atoms with Gasteiger partial charge in [0.25, 0.3) is 0 Å². The van der Waals surface area contributed by atoms with Gasteiger partial charge in [-0.2, -0.15) is 11.3 Å². The normalized spacial score (nSPS) is 16.1. The van der Waals surface area contributed by atoms with Crippen LogP contribution in [-0.4, -0.2) is 12.8 Å². The van der Waals surface area contributed by atoms with E-state index < -0.39 is 0 Å². The lowest BCUT2D eigenvalue weighted by Gasteiger charge is -2.20. The van der Waals surface area contributed by atoms with Crippen LogP contribution in [0.25, 0.3) is 0 Å². The highest BCUT2D eigenvalue weighted by Crippen LogP contribution is 2.34. The maximum absolute atomic E-state index is 5.43. The smallest absolute Gasteiger partial charge is 0.231 e. The van der Waals surface area contributed by atoms with Gasteiger partial charge in [0.05, 0.1) is 0 Å². The summed E-state index contributed by atoms with van der Waals surface area (Å²) in [6.45, 7) is 4.73. The number of rotatable bonds is 5. The molecule has 106 valence electrons. The zero-order valence-corrected chi connectivity index (χ0v) is 12.6. The first-order valence-electron chi connectivity index (χ1n) is 6.89. The van der Waals surface area contributed by atoms with E-state index in [9.17, 15) is 0 Å². The predicted molar refractivity (Wildman–Crippen MR) is 81.6 cm³/mol. The first-order valence-corrected chi connectivity index (χ1v) is 7.83. The van der Waals surface area contributed by atoms with Crippen molar-refractivity contribution in [1.29, 1.82) is 0 Å². The highest BCUT2D eigenvalue weighted by atomic mass is 32.1. The molecule has 2 atom stereocenters. The van der Waals surface area contributed by atoms with E-state index in [2.05, 4.69) is 48.1 Å². The van der Waals surface area contributed by atoms with Crippen molar-refractivity contribution < 1.29 is 9.47 Å². The molecule has 1 aliphatic heterocycles. The Morgan fingerprint density at radius 3 is 2.85 bits per heavy atom. The number of hydrogen-bond acceptors (Lipinski definition) is 4. The van der Waals surface area contributed by atoms with Crippen LogP contribution >= 0.6 is 11.3 Å². The van der Waals surface area contributed by atoms with Crippen molar-refractivity contribution in [2.45, 2.75) is 32.4 Å². The van der Waals surface area contributed by atoms with Gasteiger partial charge in [0.2, 0.25) is 6.79 Å². The van der Waals surface area contributed by atoms with Gasteiger partial charge in [-0.15, -0.1) is 0 Å². The molecule has 3 nitrogen and oxygen atoms in total. The Labute approximate surface area is 123 Å². The molecule has 0 aliphatic carbocycles. The summed E-state index contributed by atoms with van der Waals surface area (Å²) in [5.41, 5.74) is 2.62. The average molecular weight is 289 g/mol. The van der Waals surface area contributed by atoms with Gasteiger partial charge in [0, 0.05) is 12.1 Å². The number of thiophene rings is 1. The quantitative estimate of drug-likeness (QED) is 0.909. The van der Waals surface area contributed by atoms with Gasteiger partial charge < -0.3 is 14.8 Å². The third kappa shape index (κ3) is 2.97. The summed E-state index contributed by atoms with van der Waals surface area (Å²) in [4.78, 5) is 0. The summed E-state index contributed by atoms with van der Waals surface area (Å²) in [6, 6.07) is 9.07. The largest absolute Gasteiger partial charge is 0.454 e. The molecule has 0 amide bonds. The Hall–Kier alpha value is -1.52. The molecule has 1 aliphatic rings. The predicted octanol–water partition coefficient (Wildman–Crippen LogP) is 3.76. The number of nitrogens with one attached hydrogen (secondary N) is 1. The van der Waals surface area contributed by atoms with E-state index in [1.54, 1.807) is 11.3 Å². The summed E-state index contributed by atoms with van der Waals surface area (Å²) >= 11 is 1.75. The van der Waals surface area contributed by atoms with Gasteiger partial charge in [-0.05, 0) is 60.4 Å². The minimum absolute atomic E-state index is 0.290. The van der Waals surface area contributed by atoms with E-state index in [4.69, 9.17) is 9.47 Å². The second kappa shape index (κ2) is 5.85. The molecule has 0 radical (unpaired) electrons. The summed E-state index contributed by atoms with van der Waals surface area (Å²) < 4.78 is 10.8. The third-order valence-electron chi connectivity index (χ3n) is 3.55. The Balaban J connectivity index is 1.62. The summed E-state index contributed by atoms with van der Waals surface area (Å²) in [5, 5.41) is 7.97. The van der Waals surface area contributed by atoms with E-state index >= 15 is 0 Å². The number of benzene rings is 1. The maximum atomic E-state index is 5.43. The SMILES string of the molecule is CC(Cc1ccsc1)NC(C)c1ccc2c(c1)OCO2. The van der Waals surface area contributed by atoms with Crippen molar-refractivity contribution in [3.63, 3.8) is 0 Å². The van der Waals surface area contributed by atoms with Gasteiger partial charge >= 0.3 is 0 Å². The molecule has 3 rings (SSSR count). The average Bonchev–Trinajstić information content (AvgIpc) is 3.07. The van der Waals surface area contributed by atoms with E-state index in [0.29, 0.717) is 12.8 Å². The molecular formula is C16H19NO2S. The van der Waals surface area contributed by atoms with Gasteiger partial charge in [-0.25, -0.2) is 0 Å². The van der Waals surface area contributed by atoms with Crippen LogP contribution in [0.5, 0.6) is 11.5 Å². The van der Waals surface area contributed by atoms with E-state index in [1.165, 1.54) is 11.1 Å². The molecule has 2 aromatic rings. The molecule has 20 heavy (non-hydrogen) atoms. The minimum atomic E-state index is 0.290. The Kier molecular flexibility index (Phi) is 3.94. The molecule has 1 N–H and O–H groups in total. The fraction of sp³-hybridized carbons (Fsp3) is 0.375. The van der Waals surface area contributed by atoms with Crippen LogP contribution in [-0.2, 0) is 6.42 Å². The van der Waals surface area contributed by atoms with Crippen LogP contribution < -0.4 is 14.8 Å². The van der Waals surface area contributed by atoms with Crippen LogP contribution in [0.4, 0.5) is 0 Å². The van der Waals surface area contributed by atoms with Crippen LogP contribution in [0, 0.1) is 0 Å². The topological polar surface area (TPSA) is 30.5 Å². The highest BCUT2D eigenvalue weighted by molar-refractivity contribution is 7.07. The van der Waals surface area contributed by atoms with Crippen LogP contribution in [0.3, 0.4) is 0 Å². The fourth-order valence-corrected chi connectivity index (χ4v) is 3.21. The Bertz CT molecular complexity index is 568. The van der Waals surface area contributed by atoms with E-state index in [-0.39, 0.29) is 6.04 Å². The summed E-state index contributed by atoms with van der Waals surface area (Å²) in [6.07, 6.45) is 1.05. The molecule has 0 saturated heterocycles. The number of hydrogen-bond donors (Lipinski definition) is 1. The van der Waals surface area contributed by atoms with Crippen molar-refractivity contribution in [1.82, 2.24) is 5.32 Å². The molecule has 0 fully saturated rings. The molecule has 0 saturated carbocycles. The number of fused-ring (bicyclic) bond motifs is 1. The zero-order valence-electron chi connectivity index (χ0n) is 11.8. The van der Waals surface area contributed by atoms with Crippen molar-refractivity contribution in [3.8, 4) is 11.5 Å². The van der Waals surface area contributed by atoms with Crippen molar-refractivity contribution in [2.24, 2.45) is 0 Å². The van der Waals surface area contributed by atoms with Crippen molar-refractivity contribution in [2.75, 3.05) is 6.79 Å². The van der Waals surface area contributed by atoms with E-state index in [1.807, 2.05) is 6.07 Å². The standard InChI is InChI=1S/C16H19NO2S/c1-11(7-13-5-6-20-9-13)17-12(2)14-3-4-15-16(8-14)19-10-18-15/h3-6,8-9,11-12,17H,7,10H2,1-2H3. The van der Waals surface area contributed by atoms with Crippen molar-refractivity contribution >= 4 is 11.3 Å².